The van der Waals surface area contributed by atoms with E-state index in [1.54, 1.807) is 6.07 Å². The van der Waals surface area contributed by atoms with E-state index >= 15 is 0 Å². The van der Waals surface area contributed by atoms with Gasteiger partial charge in [0, 0.05) is 36.9 Å². The molecule has 0 radical (unpaired) electrons. The molecule has 0 spiro atoms. The number of ether oxygens (including phenoxy) is 1. The van der Waals surface area contributed by atoms with Crippen molar-refractivity contribution >= 4 is 17.3 Å². The smallest absolute Gasteiger partial charge is 0.126 e. The van der Waals surface area contributed by atoms with Crippen molar-refractivity contribution in [2.24, 2.45) is 0 Å². The molecule has 1 aliphatic rings. The third kappa shape index (κ3) is 4.95. The lowest BCUT2D eigenvalue weighted by Gasteiger charge is -2.28. The monoisotopic (exact) mass is 288 g/mol. The fourth-order valence-corrected chi connectivity index (χ4v) is 2.26. The van der Waals surface area contributed by atoms with Crippen LogP contribution in [0, 0.1) is 5.82 Å². The molecule has 1 atom stereocenters. The lowest BCUT2D eigenvalue weighted by Crippen LogP contribution is -2.42. The first-order chi connectivity index (χ1) is 9.13. The number of benzene rings is 1. The van der Waals surface area contributed by atoms with Crippen LogP contribution in [-0.4, -0.2) is 55.5 Å². The van der Waals surface area contributed by atoms with E-state index < -0.39 is 11.9 Å². The van der Waals surface area contributed by atoms with E-state index in [0.29, 0.717) is 37.0 Å². The minimum atomic E-state index is -0.514. The topological polar surface area (TPSA) is 44.7 Å². The maximum atomic E-state index is 13.1. The van der Waals surface area contributed by atoms with Crippen LogP contribution in [-0.2, 0) is 4.74 Å². The minimum Gasteiger partial charge on any atom is -0.390 e. The number of rotatable bonds is 5. The van der Waals surface area contributed by atoms with E-state index in [1.807, 2.05) is 0 Å². The summed E-state index contributed by atoms with van der Waals surface area (Å²) in [5.74, 6) is -0.391. The van der Waals surface area contributed by atoms with Gasteiger partial charge in [0.2, 0.25) is 0 Å². The van der Waals surface area contributed by atoms with Gasteiger partial charge in [0.15, 0.2) is 0 Å². The van der Waals surface area contributed by atoms with Crippen LogP contribution in [0.3, 0.4) is 0 Å². The second kappa shape index (κ2) is 7.05. The quantitative estimate of drug-likeness (QED) is 0.864. The summed E-state index contributed by atoms with van der Waals surface area (Å²) in [7, 11) is 0. The molecule has 1 aromatic carbocycles. The van der Waals surface area contributed by atoms with Crippen LogP contribution in [0.4, 0.5) is 10.1 Å². The molecule has 0 bridgehead atoms. The molecule has 1 unspecified atom stereocenters. The van der Waals surface area contributed by atoms with Gasteiger partial charge in [-0.2, -0.15) is 0 Å². The Morgan fingerprint density at radius 1 is 1.37 bits per heavy atom. The summed E-state index contributed by atoms with van der Waals surface area (Å²) in [6, 6.07) is 4.23. The zero-order valence-electron chi connectivity index (χ0n) is 10.6. The Morgan fingerprint density at radius 3 is 2.79 bits per heavy atom. The van der Waals surface area contributed by atoms with Crippen molar-refractivity contribution in [2.75, 3.05) is 44.7 Å². The highest BCUT2D eigenvalue weighted by Gasteiger charge is 2.14. The van der Waals surface area contributed by atoms with Crippen LogP contribution in [0.2, 0.25) is 5.02 Å². The van der Waals surface area contributed by atoms with Crippen molar-refractivity contribution in [3.05, 3.63) is 29.0 Å². The Kier molecular flexibility index (Phi) is 5.39. The van der Waals surface area contributed by atoms with Crippen LogP contribution in [0.25, 0.3) is 0 Å². The summed E-state index contributed by atoms with van der Waals surface area (Å²) in [4.78, 5) is 2.15. The molecule has 106 valence electrons. The predicted molar refractivity (Wildman–Crippen MR) is 73.2 cm³/mol. The molecule has 0 saturated carbocycles. The third-order valence-corrected chi connectivity index (χ3v) is 3.20. The summed E-state index contributed by atoms with van der Waals surface area (Å²) in [6.45, 7) is 4.03. The van der Waals surface area contributed by atoms with E-state index in [2.05, 4.69) is 10.2 Å². The first-order valence-corrected chi connectivity index (χ1v) is 6.69. The molecule has 1 heterocycles. The van der Waals surface area contributed by atoms with Crippen molar-refractivity contribution < 1.29 is 14.2 Å². The number of halogens is 2. The van der Waals surface area contributed by atoms with E-state index in [4.69, 9.17) is 16.3 Å². The van der Waals surface area contributed by atoms with Gasteiger partial charge in [-0.3, -0.25) is 4.90 Å². The van der Waals surface area contributed by atoms with Crippen molar-refractivity contribution in [3.63, 3.8) is 0 Å². The van der Waals surface area contributed by atoms with Gasteiger partial charge in [0.05, 0.1) is 19.3 Å². The Balaban J connectivity index is 1.77. The molecule has 19 heavy (non-hydrogen) atoms. The highest BCUT2D eigenvalue weighted by Crippen LogP contribution is 2.17. The number of anilines is 1. The highest BCUT2D eigenvalue weighted by molar-refractivity contribution is 6.30. The molecule has 1 saturated heterocycles. The molecular weight excluding hydrogens is 271 g/mol. The average molecular weight is 289 g/mol. The lowest BCUT2D eigenvalue weighted by atomic mass is 10.2. The summed E-state index contributed by atoms with van der Waals surface area (Å²) in [6.07, 6.45) is -0.514. The van der Waals surface area contributed by atoms with Crippen molar-refractivity contribution in [1.29, 1.82) is 0 Å². The Hall–Kier alpha value is -0.880. The first-order valence-electron chi connectivity index (χ1n) is 6.31. The van der Waals surface area contributed by atoms with E-state index in [9.17, 15) is 9.50 Å². The summed E-state index contributed by atoms with van der Waals surface area (Å²) >= 11 is 5.76. The van der Waals surface area contributed by atoms with Gasteiger partial charge in [0.25, 0.3) is 0 Å². The van der Waals surface area contributed by atoms with E-state index in [1.165, 1.54) is 12.1 Å². The van der Waals surface area contributed by atoms with Crippen molar-refractivity contribution in [1.82, 2.24) is 4.90 Å². The summed E-state index contributed by atoms with van der Waals surface area (Å²) in [5, 5.41) is 13.3. The Bertz CT molecular complexity index is 393. The zero-order chi connectivity index (χ0) is 13.7. The average Bonchev–Trinajstić information content (AvgIpc) is 2.36. The van der Waals surface area contributed by atoms with Crippen LogP contribution in [0.5, 0.6) is 0 Å². The van der Waals surface area contributed by atoms with Crippen LogP contribution >= 0.6 is 11.6 Å². The Labute approximate surface area is 117 Å². The Morgan fingerprint density at radius 2 is 2.11 bits per heavy atom. The van der Waals surface area contributed by atoms with Gasteiger partial charge < -0.3 is 15.2 Å². The SMILES string of the molecule is OC(CNc1cc(F)cc(Cl)c1)CN1CCOCC1. The number of aliphatic hydroxyl groups is 1. The molecular formula is C13H18ClFN2O2. The molecule has 1 aliphatic heterocycles. The molecule has 0 aromatic heterocycles. The highest BCUT2D eigenvalue weighted by atomic mass is 35.5. The maximum Gasteiger partial charge on any atom is 0.126 e. The molecule has 6 heteroatoms. The zero-order valence-corrected chi connectivity index (χ0v) is 11.4. The van der Waals surface area contributed by atoms with Gasteiger partial charge in [-0.1, -0.05) is 11.6 Å². The van der Waals surface area contributed by atoms with Crippen molar-refractivity contribution in [3.8, 4) is 0 Å². The van der Waals surface area contributed by atoms with Crippen LogP contribution in [0.1, 0.15) is 0 Å². The lowest BCUT2D eigenvalue weighted by molar-refractivity contribution is 0.0171. The van der Waals surface area contributed by atoms with E-state index in [-0.39, 0.29) is 0 Å². The maximum absolute atomic E-state index is 13.1. The summed E-state index contributed by atoms with van der Waals surface area (Å²) in [5.41, 5.74) is 0.575. The van der Waals surface area contributed by atoms with Gasteiger partial charge >= 0.3 is 0 Å². The fraction of sp³-hybridized carbons (Fsp3) is 0.538. The summed E-state index contributed by atoms with van der Waals surface area (Å²) < 4.78 is 18.4. The molecule has 1 fully saturated rings. The predicted octanol–water partition coefficient (Wildman–Crippen LogP) is 1.58. The fourth-order valence-electron chi connectivity index (χ4n) is 2.04. The number of hydrogen-bond acceptors (Lipinski definition) is 4. The van der Waals surface area contributed by atoms with Crippen LogP contribution in [0.15, 0.2) is 18.2 Å². The number of aliphatic hydroxyl groups excluding tert-OH is 1. The minimum absolute atomic E-state index is 0.338. The van der Waals surface area contributed by atoms with E-state index in [0.717, 1.165) is 13.1 Å². The first kappa shape index (κ1) is 14.5. The molecule has 1 aromatic rings. The molecule has 2 N–H and O–H groups in total. The number of morpholine rings is 1. The third-order valence-electron chi connectivity index (χ3n) is 2.98. The number of β-amino-alcohol motifs (C(OH)–C–C–N with tert-alkyl or cyclic N) is 1. The molecule has 2 rings (SSSR count). The van der Waals surface area contributed by atoms with Crippen LogP contribution < -0.4 is 5.32 Å². The second-order valence-electron chi connectivity index (χ2n) is 4.61. The number of nitrogens with one attached hydrogen (secondary N) is 1. The standard InChI is InChI=1S/C13H18ClFN2O2/c14-10-5-11(15)7-12(6-10)16-8-13(18)9-17-1-3-19-4-2-17/h5-7,13,16,18H,1-4,8-9H2. The number of nitrogens with zero attached hydrogens (tertiary/aromatic N) is 1. The molecule has 0 aliphatic carbocycles. The van der Waals surface area contributed by atoms with Gasteiger partial charge in [0.1, 0.15) is 5.82 Å². The van der Waals surface area contributed by atoms with Gasteiger partial charge in [-0.15, -0.1) is 0 Å². The van der Waals surface area contributed by atoms with Gasteiger partial charge in [-0.25, -0.2) is 4.39 Å². The van der Waals surface area contributed by atoms with Gasteiger partial charge in [-0.05, 0) is 18.2 Å². The van der Waals surface area contributed by atoms with Crippen molar-refractivity contribution in [2.45, 2.75) is 6.10 Å². The molecule has 0 amide bonds. The second-order valence-corrected chi connectivity index (χ2v) is 5.04. The molecule has 4 nitrogen and oxygen atoms in total. The normalized spacial score (nSPS) is 18.3. The number of hydrogen-bond donors (Lipinski definition) is 2. The largest absolute Gasteiger partial charge is 0.390 e.